The fourth-order valence-corrected chi connectivity index (χ4v) is 3.44. The summed E-state index contributed by atoms with van der Waals surface area (Å²) in [5.74, 6) is 1.59. The Morgan fingerprint density at radius 1 is 1.29 bits per heavy atom. The predicted molar refractivity (Wildman–Crippen MR) is 94.6 cm³/mol. The number of ether oxygens (including phenoxy) is 2. The maximum Gasteiger partial charge on any atom is 0.161 e. The molecule has 24 heavy (non-hydrogen) atoms. The van der Waals surface area contributed by atoms with Crippen molar-refractivity contribution in [3.63, 3.8) is 0 Å². The van der Waals surface area contributed by atoms with Gasteiger partial charge in [-0.05, 0) is 50.8 Å². The summed E-state index contributed by atoms with van der Waals surface area (Å²) in [6.45, 7) is 6.52. The molecule has 5 nitrogen and oxygen atoms in total. The monoisotopic (exact) mass is 329 g/mol. The van der Waals surface area contributed by atoms with E-state index in [-0.39, 0.29) is 0 Å². The van der Waals surface area contributed by atoms with Gasteiger partial charge in [0.15, 0.2) is 11.5 Å². The number of nitrogens with zero attached hydrogens (tertiary/aromatic N) is 2. The first-order chi connectivity index (χ1) is 11.8. The molecule has 0 spiro atoms. The molecule has 2 aromatic rings. The van der Waals surface area contributed by atoms with Crippen LogP contribution in [0.4, 0.5) is 0 Å². The molecule has 1 N–H and O–H groups in total. The second kappa shape index (κ2) is 7.71. The molecule has 1 aromatic carbocycles. The molecule has 0 saturated carbocycles. The average Bonchev–Trinajstić information content (AvgIpc) is 3.04. The minimum atomic E-state index is 0.381. The number of rotatable bonds is 7. The number of benzene rings is 1. The Hall–Kier alpha value is -2.01. The van der Waals surface area contributed by atoms with Crippen LogP contribution in [-0.4, -0.2) is 23.5 Å². The van der Waals surface area contributed by atoms with Gasteiger partial charge in [0.25, 0.3) is 0 Å². The van der Waals surface area contributed by atoms with Crippen LogP contribution < -0.4 is 14.8 Å². The average molecular weight is 329 g/mol. The first kappa shape index (κ1) is 16.8. The third-order valence-electron chi connectivity index (χ3n) is 4.64. The minimum Gasteiger partial charge on any atom is -0.493 e. The van der Waals surface area contributed by atoms with E-state index >= 15 is 0 Å². The second-order valence-electron chi connectivity index (χ2n) is 6.11. The van der Waals surface area contributed by atoms with E-state index in [1.54, 1.807) is 7.11 Å². The summed E-state index contributed by atoms with van der Waals surface area (Å²) in [5, 5.41) is 8.21. The third-order valence-corrected chi connectivity index (χ3v) is 4.64. The van der Waals surface area contributed by atoms with Gasteiger partial charge in [0, 0.05) is 30.4 Å². The van der Waals surface area contributed by atoms with Gasteiger partial charge in [0.2, 0.25) is 0 Å². The Labute approximate surface area is 144 Å². The van der Waals surface area contributed by atoms with E-state index in [9.17, 15) is 0 Å². The lowest BCUT2D eigenvalue weighted by Gasteiger charge is -2.24. The maximum absolute atomic E-state index is 5.58. The summed E-state index contributed by atoms with van der Waals surface area (Å²) in [4.78, 5) is 0. The van der Waals surface area contributed by atoms with E-state index in [1.807, 2.05) is 19.2 Å². The van der Waals surface area contributed by atoms with Crippen LogP contribution in [0.5, 0.6) is 11.5 Å². The van der Waals surface area contributed by atoms with Gasteiger partial charge in [-0.1, -0.05) is 6.07 Å². The lowest BCUT2D eigenvalue weighted by Crippen LogP contribution is -2.25. The van der Waals surface area contributed by atoms with E-state index in [2.05, 4.69) is 34.2 Å². The third kappa shape index (κ3) is 3.41. The van der Waals surface area contributed by atoms with Crippen molar-refractivity contribution in [2.24, 2.45) is 0 Å². The van der Waals surface area contributed by atoms with Crippen molar-refractivity contribution < 1.29 is 9.47 Å². The van der Waals surface area contributed by atoms with Crippen molar-refractivity contribution in [3.8, 4) is 11.5 Å². The molecule has 0 radical (unpaired) electrons. The summed E-state index contributed by atoms with van der Waals surface area (Å²) in [6, 6.07) is 6.52. The molecule has 1 aliphatic carbocycles. The molecular formula is C19H27N3O2. The highest BCUT2D eigenvalue weighted by Gasteiger charge is 2.23. The summed E-state index contributed by atoms with van der Waals surface area (Å²) >= 11 is 0. The van der Waals surface area contributed by atoms with Crippen LogP contribution in [0.2, 0.25) is 0 Å². The molecular weight excluding hydrogens is 302 g/mol. The second-order valence-corrected chi connectivity index (χ2v) is 6.11. The van der Waals surface area contributed by atoms with Crippen molar-refractivity contribution in [2.45, 2.75) is 52.2 Å². The molecule has 0 bridgehead atoms. The minimum absolute atomic E-state index is 0.381. The topological polar surface area (TPSA) is 48.3 Å². The van der Waals surface area contributed by atoms with E-state index in [4.69, 9.17) is 9.47 Å². The van der Waals surface area contributed by atoms with E-state index in [0.29, 0.717) is 12.6 Å². The number of methoxy groups -OCH3 is 1. The molecule has 0 unspecified atom stereocenters. The molecule has 1 aliphatic rings. The number of aromatic nitrogens is 2. The first-order valence-electron chi connectivity index (χ1n) is 8.84. The van der Waals surface area contributed by atoms with Crippen molar-refractivity contribution in [2.75, 3.05) is 13.7 Å². The molecule has 0 amide bonds. The van der Waals surface area contributed by atoms with Crippen LogP contribution in [0.1, 0.15) is 49.6 Å². The van der Waals surface area contributed by atoms with Crippen LogP contribution in [0.15, 0.2) is 24.4 Å². The summed E-state index contributed by atoms with van der Waals surface area (Å²) in [7, 11) is 1.68. The van der Waals surface area contributed by atoms with Gasteiger partial charge in [-0.3, -0.25) is 4.68 Å². The predicted octanol–water partition coefficient (Wildman–Crippen LogP) is 3.48. The molecule has 130 valence electrons. The quantitative estimate of drug-likeness (QED) is 0.845. The molecule has 1 aromatic heterocycles. The van der Waals surface area contributed by atoms with Crippen LogP contribution in [0, 0.1) is 0 Å². The number of hydrogen-bond donors (Lipinski definition) is 1. The van der Waals surface area contributed by atoms with E-state index in [0.717, 1.165) is 37.4 Å². The Balaban J connectivity index is 1.69. The molecule has 1 atom stereocenters. The number of aryl methyl sites for hydroxylation is 1. The fraction of sp³-hybridized carbons (Fsp3) is 0.526. The summed E-state index contributed by atoms with van der Waals surface area (Å²) < 4.78 is 13.1. The van der Waals surface area contributed by atoms with Gasteiger partial charge in [0.1, 0.15) is 0 Å². The van der Waals surface area contributed by atoms with Gasteiger partial charge < -0.3 is 14.8 Å². The standard InChI is InChI=1S/C19H27N3O2/c1-4-22-17-8-6-7-16(15(17)13-21-22)20-12-14-9-10-18(24-5-2)19(11-14)23-3/h9-11,13,16,20H,4-8,12H2,1-3H3/t16-/m0/s1. The molecule has 0 fully saturated rings. The maximum atomic E-state index is 5.58. The Kier molecular flexibility index (Phi) is 5.41. The molecule has 1 heterocycles. The highest BCUT2D eigenvalue weighted by molar-refractivity contribution is 5.43. The Bertz CT molecular complexity index is 681. The van der Waals surface area contributed by atoms with Crippen LogP contribution in [0.25, 0.3) is 0 Å². The molecule has 0 aliphatic heterocycles. The van der Waals surface area contributed by atoms with E-state index in [1.165, 1.54) is 23.2 Å². The van der Waals surface area contributed by atoms with Crippen LogP contribution in [-0.2, 0) is 19.5 Å². The van der Waals surface area contributed by atoms with Crippen molar-refractivity contribution in [3.05, 3.63) is 41.2 Å². The SMILES string of the molecule is CCOc1ccc(CN[C@H]2CCCc3c2cnn3CC)cc1OC. The lowest BCUT2D eigenvalue weighted by atomic mass is 9.93. The smallest absolute Gasteiger partial charge is 0.161 e. The summed E-state index contributed by atoms with van der Waals surface area (Å²) in [5.41, 5.74) is 3.96. The van der Waals surface area contributed by atoms with Gasteiger partial charge in [-0.2, -0.15) is 5.10 Å². The van der Waals surface area contributed by atoms with Crippen molar-refractivity contribution in [1.29, 1.82) is 0 Å². The van der Waals surface area contributed by atoms with Gasteiger partial charge in [-0.25, -0.2) is 0 Å². The normalized spacial score (nSPS) is 16.7. The molecule has 5 heteroatoms. The highest BCUT2D eigenvalue weighted by atomic mass is 16.5. The molecule has 0 saturated heterocycles. The molecule has 3 rings (SSSR count). The lowest BCUT2D eigenvalue weighted by molar-refractivity contribution is 0.310. The Morgan fingerprint density at radius 3 is 2.92 bits per heavy atom. The number of hydrogen-bond acceptors (Lipinski definition) is 4. The fourth-order valence-electron chi connectivity index (χ4n) is 3.44. The Morgan fingerprint density at radius 2 is 2.17 bits per heavy atom. The van der Waals surface area contributed by atoms with E-state index < -0.39 is 0 Å². The van der Waals surface area contributed by atoms with Crippen LogP contribution >= 0.6 is 0 Å². The summed E-state index contributed by atoms with van der Waals surface area (Å²) in [6.07, 6.45) is 5.55. The number of nitrogens with one attached hydrogen (secondary N) is 1. The zero-order chi connectivity index (χ0) is 16.9. The zero-order valence-corrected chi connectivity index (χ0v) is 14.8. The van der Waals surface area contributed by atoms with Crippen molar-refractivity contribution >= 4 is 0 Å². The van der Waals surface area contributed by atoms with Crippen molar-refractivity contribution in [1.82, 2.24) is 15.1 Å². The number of fused-ring (bicyclic) bond motifs is 1. The van der Waals surface area contributed by atoms with Gasteiger partial charge in [-0.15, -0.1) is 0 Å². The van der Waals surface area contributed by atoms with Gasteiger partial charge >= 0.3 is 0 Å². The van der Waals surface area contributed by atoms with Crippen LogP contribution in [0.3, 0.4) is 0 Å². The first-order valence-corrected chi connectivity index (χ1v) is 8.84. The van der Waals surface area contributed by atoms with Gasteiger partial charge in [0.05, 0.1) is 19.9 Å². The largest absolute Gasteiger partial charge is 0.493 e. The highest BCUT2D eigenvalue weighted by Crippen LogP contribution is 2.31. The zero-order valence-electron chi connectivity index (χ0n) is 14.8.